The number of carbonyl (C=O) groups excluding carboxylic acids is 9. The van der Waals surface area contributed by atoms with Gasteiger partial charge in [-0.25, -0.2) is 9.78 Å². The first-order valence-electron chi connectivity index (χ1n) is 24.7. The first-order valence-corrected chi connectivity index (χ1v) is 26.1. The highest BCUT2D eigenvalue weighted by molar-refractivity contribution is 7.98. The average Bonchev–Trinajstić information content (AvgIpc) is 4.12. The second-order valence-corrected chi connectivity index (χ2v) is 20.8. The summed E-state index contributed by atoms with van der Waals surface area (Å²) in [6.07, 6.45) is 4.01. The summed E-state index contributed by atoms with van der Waals surface area (Å²) in [6, 6.07) is -9.99. The Kier molecular flexibility index (Phi) is 24.4. The number of thioether (sulfide) groups is 1. The molecule has 0 radical (unpaired) electrons. The van der Waals surface area contributed by atoms with E-state index < -0.39 is 138 Å². The molecule has 3 heterocycles. The minimum Gasteiger partial charge on any atom is -0.480 e. The molecule has 1 aromatic heterocycles. The highest BCUT2D eigenvalue weighted by Crippen LogP contribution is 2.21. The van der Waals surface area contributed by atoms with Crippen LogP contribution in [0, 0.1) is 17.8 Å². The lowest BCUT2D eigenvalue weighted by atomic mass is 9.95. The molecule has 13 N–H and O–H groups in total. The van der Waals surface area contributed by atoms with E-state index in [1.165, 1.54) is 41.0 Å². The fraction of sp³-hybridized carbons (Fsp3) is 0.723. The summed E-state index contributed by atoms with van der Waals surface area (Å²) >= 11 is 1.41. The molecule has 2 saturated heterocycles. The zero-order chi connectivity index (χ0) is 54.0. The van der Waals surface area contributed by atoms with E-state index in [9.17, 15) is 58.2 Å². The topological polar surface area (TPSA) is 371 Å². The third-order valence-corrected chi connectivity index (χ3v) is 13.3. The third kappa shape index (κ3) is 18.3. The van der Waals surface area contributed by atoms with Crippen molar-refractivity contribution in [3.63, 3.8) is 0 Å². The molecular formula is C47H78N12O12S. The number of amides is 9. The Labute approximate surface area is 425 Å². The van der Waals surface area contributed by atoms with E-state index in [2.05, 4.69) is 41.9 Å². The molecule has 2 aliphatic heterocycles. The van der Waals surface area contributed by atoms with E-state index in [0.29, 0.717) is 37.3 Å². The Balaban J connectivity index is 1.74. The van der Waals surface area contributed by atoms with Crippen LogP contribution in [0.2, 0.25) is 0 Å². The monoisotopic (exact) mass is 1030 g/mol. The van der Waals surface area contributed by atoms with Crippen molar-refractivity contribution in [2.24, 2.45) is 29.2 Å². The molecule has 0 bridgehead atoms. The van der Waals surface area contributed by atoms with Crippen molar-refractivity contribution in [2.75, 3.05) is 25.1 Å². The van der Waals surface area contributed by atoms with E-state index >= 15 is 0 Å². The van der Waals surface area contributed by atoms with Crippen LogP contribution in [0.3, 0.4) is 0 Å². The molecule has 9 amide bonds. The number of nitrogens with one attached hydrogen (secondary N) is 7. The number of rotatable bonds is 29. The summed E-state index contributed by atoms with van der Waals surface area (Å²) in [7, 11) is 0. The molecule has 2 aliphatic rings. The number of aromatic amines is 1. The van der Waals surface area contributed by atoms with Gasteiger partial charge in [0.25, 0.3) is 0 Å². The molecule has 2 fully saturated rings. The van der Waals surface area contributed by atoms with Gasteiger partial charge in [0.05, 0.1) is 30.9 Å². The molecule has 0 aliphatic carbocycles. The van der Waals surface area contributed by atoms with Crippen molar-refractivity contribution in [1.29, 1.82) is 0 Å². The molecule has 3 rings (SSSR count). The van der Waals surface area contributed by atoms with Crippen molar-refractivity contribution < 1.29 is 58.2 Å². The van der Waals surface area contributed by atoms with Gasteiger partial charge >= 0.3 is 5.97 Å². The van der Waals surface area contributed by atoms with Gasteiger partial charge in [0.15, 0.2) is 0 Å². The summed E-state index contributed by atoms with van der Waals surface area (Å²) in [6.45, 7) is 12.3. The number of carboxylic acids is 1. The number of primary amides is 1. The maximum Gasteiger partial charge on any atom is 0.326 e. The van der Waals surface area contributed by atoms with Gasteiger partial charge < -0.3 is 68.4 Å². The lowest BCUT2D eigenvalue weighted by Gasteiger charge is -2.31. The number of hydrogen-bond acceptors (Lipinski definition) is 14. The summed E-state index contributed by atoms with van der Waals surface area (Å²) in [5.41, 5.74) is 11.7. The van der Waals surface area contributed by atoms with Gasteiger partial charge in [-0.1, -0.05) is 41.5 Å². The molecule has 1 aromatic rings. The Morgan fingerprint density at radius 2 is 1.31 bits per heavy atom. The molecule has 72 heavy (non-hydrogen) atoms. The molecule has 0 spiro atoms. The summed E-state index contributed by atoms with van der Waals surface area (Å²) in [5, 5.41) is 37.5. The smallest absolute Gasteiger partial charge is 0.326 e. The van der Waals surface area contributed by atoms with Crippen LogP contribution in [0.25, 0.3) is 0 Å². The van der Waals surface area contributed by atoms with Gasteiger partial charge in [-0.05, 0) is 81.6 Å². The van der Waals surface area contributed by atoms with Crippen LogP contribution in [0.15, 0.2) is 12.5 Å². The Hall–Kier alpha value is -5.82. The molecule has 10 atom stereocenters. The predicted octanol–water partition coefficient (Wildman–Crippen LogP) is -1.60. The normalized spacial score (nSPS) is 19.1. The van der Waals surface area contributed by atoms with Crippen LogP contribution in [-0.2, 0) is 54.4 Å². The number of nitrogens with two attached hydrogens (primary N) is 2. The third-order valence-electron chi connectivity index (χ3n) is 12.6. The number of nitrogens with zero attached hydrogens (tertiary/aromatic N) is 3. The number of likely N-dealkylation sites (tertiary alicyclic amines) is 2. The molecular weight excluding hydrogens is 957 g/mol. The molecule has 0 saturated carbocycles. The van der Waals surface area contributed by atoms with Crippen LogP contribution >= 0.6 is 11.8 Å². The van der Waals surface area contributed by atoms with Gasteiger partial charge in [-0.15, -0.1) is 0 Å². The van der Waals surface area contributed by atoms with Gasteiger partial charge in [0.1, 0.15) is 42.3 Å². The Bertz CT molecular complexity index is 2040. The highest BCUT2D eigenvalue weighted by atomic mass is 32.2. The number of aliphatic hydroxyl groups excluding tert-OH is 1. The molecule has 25 heteroatoms. The first-order chi connectivity index (χ1) is 33.9. The van der Waals surface area contributed by atoms with Crippen molar-refractivity contribution in [1.82, 2.24) is 51.7 Å². The van der Waals surface area contributed by atoms with Gasteiger partial charge in [0, 0.05) is 37.8 Å². The van der Waals surface area contributed by atoms with Crippen LogP contribution in [0.5, 0.6) is 0 Å². The van der Waals surface area contributed by atoms with Crippen LogP contribution in [0.1, 0.15) is 112 Å². The zero-order valence-corrected chi connectivity index (χ0v) is 43.6. The fourth-order valence-corrected chi connectivity index (χ4v) is 9.18. The number of aliphatic hydroxyl groups is 1. The number of aromatic nitrogens is 2. The number of H-pyrrole nitrogens is 1. The molecule has 404 valence electrons. The maximum atomic E-state index is 14.0. The summed E-state index contributed by atoms with van der Waals surface area (Å²) in [4.78, 5) is 143. The second-order valence-electron chi connectivity index (χ2n) is 19.8. The van der Waals surface area contributed by atoms with Crippen LogP contribution in [-0.4, -0.2) is 175 Å². The van der Waals surface area contributed by atoms with Crippen LogP contribution < -0.4 is 43.4 Å². The lowest BCUT2D eigenvalue weighted by molar-refractivity contribution is -0.149. The maximum absolute atomic E-state index is 14.0. The van der Waals surface area contributed by atoms with E-state index in [1.807, 2.05) is 20.1 Å². The van der Waals surface area contributed by atoms with E-state index in [1.54, 1.807) is 27.7 Å². The number of aliphatic carboxylic acids is 1. The fourth-order valence-electron chi connectivity index (χ4n) is 8.71. The Morgan fingerprint density at radius 1 is 0.750 bits per heavy atom. The van der Waals surface area contributed by atoms with Crippen molar-refractivity contribution >= 4 is 70.9 Å². The number of carboxylic acid groups (broad SMARTS) is 1. The van der Waals surface area contributed by atoms with Crippen molar-refractivity contribution in [3.05, 3.63) is 18.2 Å². The highest BCUT2D eigenvalue weighted by Gasteiger charge is 2.41. The van der Waals surface area contributed by atoms with Gasteiger partial charge in [-0.3, -0.25) is 43.2 Å². The minimum atomic E-state index is -1.49. The Morgan fingerprint density at radius 3 is 1.85 bits per heavy atom. The summed E-state index contributed by atoms with van der Waals surface area (Å²) < 4.78 is 0. The molecule has 0 unspecified atom stereocenters. The number of hydrogen-bond donors (Lipinski definition) is 11. The first kappa shape index (κ1) is 60.5. The quantitative estimate of drug-likeness (QED) is 0.0431. The van der Waals surface area contributed by atoms with Crippen molar-refractivity contribution in [3.8, 4) is 0 Å². The SMILES string of the molecule is CSCC[C@H](NC(=O)[C@@H](NC(=O)C[C@H](O)[C@H](CC(C)C)NC(=O)[C@@H](NC(=O)[C@H](CCC(N)=O)NC(=O)[C@@H]1CCCN1C(=O)[C@H](C)N)C(C)C)C(C)C)C(=O)N[C@@H](Cc1cnc[nH]1)C(=O)N1CCC[C@H]1C(=O)O. The zero-order valence-electron chi connectivity index (χ0n) is 42.7. The van der Waals surface area contributed by atoms with E-state index in [0.717, 1.165) is 0 Å². The number of imidazole rings is 1. The molecule has 24 nitrogen and oxygen atoms in total. The van der Waals surface area contributed by atoms with E-state index in [4.69, 9.17) is 11.5 Å². The average molecular weight is 1040 g/mol. The van der Waals surface area contributed by atoms with Gasteiger partial charge in [0.2, 0.25) is 53.2 Å². The standard InChI is InChI=1S/C47H78N12O12S/c1-24(2)19-31(54-44(67)39(26(5)6)57-41(64)29(13-14-36(49)61)52-42(65)33-11-9-16-58(33)45(68)27(7)48)35(60)21-37(62)56-38(25(3)4)43(66)53-30(15-18-72-8)40(63)55-32(20-28-22-50-23-51-28)46(69)59-17-10-12-34(59)47(70)71/h22-27,29-35,38-39,60H,9-21,48H2,1-8H3,(H2,49,61)(H,50,51)(H,52,65)(H,53,66)(H,54,67)(H,55,63)(H,56,62)(H,57,64)(H,70,71)/t27-,29-,30-,31-,32-,33-,34-,35-,38-,39-/m0/s1. The minimum absolute atomic E-state index is 0.0345. The van der Waals surface area contributed by atoms with E-state index in [-0.39, 0.29) is 51.0 Å². The largest absolute Gasteiger partial charge is 0.480 e. The summed E-state index contributed by atoms with van der Waals surface area (Å²) in [5.74, 6) is -8.01. The van der Waals surface area contributed by atoms with Crippen molar-refractivity contribution in [2.45, 2.75) is 173 Å². The molecule has 0 aromatic carbocycles. The van der Waals surface area contributed by atoms with Gasteiger partial charge in [-0.2, -0.15) is 11.8 Å². The predicted molar refractivity (Wildman–Crippen MR) is 266 cm³/mol. The van der Waals surface area contributed by atoms with Crippen LogP contribution in [0.4, 0.5) is 0 Å². The second kappa shape index (κ2) is 29.0. The number of carbonyl (C=O) groups is 10. The lowest BCUT2D eigenvalue weighted by Crippen LogP contribution is -2.60.